The van der Waals surface area contributed by atoms with Crippen molar-refractivity contribution >= 4 is 39.1 Å². The fourth-order valence-corrected chi connectivity index (χ4v) is 5.74. The molecule has 1 N–H and O–H groups in total. The molecule has 7 nitrogen and oxygen atoms in total. The number of halogens is 1. The lowest BCUT2D eigenvalue weighted by Gasteiger charge is -2.33. The molecular formula is C30H36ClN3O4S. The van der Waals surface area contributed by atoms with Gasteiger partial charge in [0.05, 0.1) is 10.6 Å². The number of nitrogens with one attached hydrogen (secondary N) is 1. The predicted octanol–water partition coefficient (Wildman–Crippen LogP) is 5.22. The first-order chi connectivity index (χ1) is 18.3. The molecule has 0 aliphatic carbocycles. The van der Waals surface area contributed by atoms with Crippen LogP contribution in [0.5, 0.6) is 0 Å². The second-order valence-electron chi connectivity index (χ2n) is 10.5. The van der Waals surface area contributed by atoms with E-state index in [-0.39, 0.29) is 17.3 Å². The van der Waals surface area contributed by atoms with Crippen LogP contribution in [0.2, 0.25) is 5.02 Å². The van der Waals surface area contributed by atoms with E-state index < -0.39 is 34.1 Å². The lowest BCUT2D eigenvalue weighted by atomic mass is 10.1. The number of para-hydroxylation sites is 1. The second-order valence-corrected chi connectivity index (χ2v) is 12.8. The molecule has 208 valence electrons. The number of carbonyl (C=O) groups is 2. The van der Waals surface area contributed by atoms with Gasteiger partial charge in [-0.25, -0.2) is 8.42 Å². The van der Waals surface area contributed by atoms with E-state index in [1.54, 1.807) is 38.1 Å². The van der Waals surface area contributed by atoms with E-state index in [1.807, 2.05) is 51.1 Å². The Morgan fingerprint density at radius 2 is 1.51 bits per heavy atom. The quantitative estimate of drug-likeness (QED) is 0.363. The van der Waals surface area contributed by atoms with Crippen molar-refractivity contribution in [3.63, 3.8) is 0 Å². The van der Waals surface area contributed by atoms with E-state index in [9.17, 15) is 18.0 Å². The molecule has 0 radical (unpaired) electrons. The predicted molar refractivity (Wildman–Crippen MR) is 156 cm³/mol. The summed E-state index contributed by atoms with van der Waals surface area (Å²) in [7, 11) is -4.14. The highest BCUT2D eigenvalue weighted by molar-refractivity contribution is 7.92. The number of amides is 2. The van der Waals surface area contributed by atoms with Crippen LogP contribution in [0.15, 0.2) is 83.8 Å². The van der Waals surface area contributed by atoms with Crippen LogP contribution >= 0.6 is 11.6 Å². The van der Waals surface area contributed by atoms with Crippen molar-refractivity contribution in [3.05, 3.63) is 95.0 Å². The van der Waals surface area contributed by atoms with Crippen LogP contribution in [-0.4, -0.2) is 49.8 Å². The summed E-state index contributed by atoms with van der Waals surface area (Å²) in [6.45, 7) is 8.82. The number of rotatable bonds is 10. The minimum atomic E-state index is -4.14. The molecular weight excluding hydrogens is 534 g/mol. The number of nitrogens with zero attached hydrogens (tertiary/aromatic N) is 2. The van der Waals surface area contributed by atoms with Crippen LogP contribution in [-0.2, 0) is 26.0 Å². The van der Waals surface area contributed by atoms with Gasteiger partial charge in [-0.05, 0) is 82.5 Å². The lowest BCUT2D eigenvalue weighted by molar-refractivity contribution is -0.139. The molecule has 3 aromatic carbocycles. The first-order valence-electron chi connectivity index (χ1n) is 12.8. The molecule has 0 saturated heterocycles. The van der Waals surface area contributed by atoms with Gasteiger partial charge in [0.15, 0.2) is 0 Å². The van der Waals surface area contributed by atoms with E-state index in [2.05, 4.69) is 5.32 Å². The van der Waals surface area contributed by atoms with Gasteiger partial charge in [-0.1, -0.05) is 60.1 Å². The molecule has 0 spiro atoms. The van der Waals surface area contributed by atoms with Crippen LogP contribution in [0.25, 0.3) is 0 Å². The van der Waals surface area contributed by atoms with Crippen molar-refractivity contribution in [1.82, 2.24) is 10.2 Å². The average molecular weight is 570 g/mol. The molecule has 0 aliphatic heterocycles. The van der Waals surface area contributed by atoms with Crippen molar-refractivity contribution < 1.29 is 18.0 Å². The number of hydrogen-bond acceptors (Lipinski definition) is 4. The third kappa shape index (κ3) is 8.07. The molecule has 3 rings (SSSR count). The van der Waals surface area contributed by atoms with E-state index in [0.29, 0.717) is 22.7 Å². The number of sulfonamides is 1. The van der Waals surface area contributed by atoms with Gasteiger partial charge in [-0.3, -0.25) is 13.9 Å². The molecule has 1 atom stereocenters. The summed E-state index contributed by atoms with van der Waals surface area (Å²) < 4.78 is 28.8. The normalized spacial score (nSPS) is 12.5. The van der Waals surface area contributed by atoms with E-state index >= 15 is 0 Å². The summed E-state index contributed by atoms with van der Waals surface area (Å²) in [5.41, 5.74) is 1.58. The van der Waals surface area contributed by atoms with Crippen LogP contribution in [0, 0.1) is 6.92 Å². The van der Waals surface area contributed by atoms with Gasteiger partial charge in [-0.2, -0.15) is 0 Å². The molecule has 2 amide bonds. The maximum absolute atomic E-state index is 13.9. The molecule has 0 aromatic heterocycles. The Kier molecular flexibility index (Phi) is 9.80. The minimum Gasteiger partial charge on any atom is -0.350 e. The fourth-order valence-electron chi connectivity index (χ4n) is 4.13. The number of hydrogen-bond donors (Lipinski definition) is 1. The first-order valence-corrected chi connectivity index (χ1v) is 14.6. The van der Waals surface area contributed by atoms with Gasteiger partial charge in [0.25, 0.3) is 10.0 Å². The zero-order chi connectivity index (χ0) is 28.8. The number of carbonyl (C=O) groups excluding carboxylic acids is 2. The summed E-state index contributed by atoms with van der Waals surface area (Å²) in [6.07, 6.45) is 0.508. The Labute approximate surface area is 236 Å². The molecule has 0 fully saturated rings. The Morgan fingerprint density at radius 3 is 2.10 bits per heavy atom. The van der Waals surface area contributed by atoms with Crippen molar-refractivity contribution in [2.24, 2.45) is 0 Å². The van der Waals surface area contributed by atoms with Crippen molar-refractivity contribution in [1.29, 1.82) is 0 Å². The average Bonchev–Trinajstić information content (AvgIpc) is 2.87. The van der Waals surface area contributed by atoms with Gasteiger partial charge in [0.2, 0.25) is 11.8 Å². The monoisotopic (exact) mass is 569 g/mol. The highest BCUT2D eigenvalue weighted by Gasteiger charge is 2.33. The Morgan fingerprint density at radius 1 is 0.923 bits per heavy atom. The topological polar surface area (TPSA) is 86.8 Å². The molecule has 1 unspecified atom stereocenters. The van der Waals surface area contributed by atoms with E-state index in [1.165, 1.54) is 29.2 Å². The molecule has 0 saturated carbocycles. The van der Waals surface area contributed by atoms with Crippen LogP contribution in [0.1, 0.15) is 38.8 Å². The third-order valence-corrected chi connectivity index (χ3v) is 8.24. The first kappa shape index (κ1) is 30.2. The van der Waals surface area contributed by atoms with Crippen molar-refractivity contribution in [2.45, 2.75) is 57.5 Å². The van der Waals surface area contributed by atoms with Crippen LogP contribution < -0.4 is 9.62 Å². The van der Waals surface area contributed by atoms with E-state index in [4.69, 9.17) is 11.6 Å². The van der Waals surface area contributed by atoms with Crippen LogP contribution in [0.4, 0.5) is 5.69 Å². The minimum absolute atomic E-state index is 0.0114. The smallest absolute Gasteiger partial charge is 0.264 e. The maximum Gasteiger partial charge on any atom is 0.264 e. The van der Waals surface area contributed by atoms with Gasteiger partial charge in [0, 0.05) is 17.1 Å². The van der Waals surface area contributed by atoms with Crippen molar-refractivity contribution in [2.75, 3.05) is 17.4 Å². The molecule has 0 aliphatic rings. The Bertz CT molecular complexity index is 1390. The zero-order valence-corrected chi connectivity index (χ0v) is 24.6. The van der Waals surface area contributed by atoms with E-state index in [0.717, 1.165) is 9.87 Å². The molecule has 3 aromatic rings. The highest BCUT2D eigenvalue weighted by atomic mass is 35.5. The summed E-state index contributed by atoms with van der Waals surface area (Å²) >= 11 is 6.00. The summed E-state index contributed by atoms with van der Waals surface area (Å²) in [5, 5.41) is 3.33. The number of benzene rings is 3. The molecule has 0 bridgehead atoms. The summed E-state index contributed by atoms with van der Waals surface area (Å²) in [6, 6.07) is 21.6. The highest BCUT2D eigenvalue weighted by Crippen LogP contribution is 2.28. The van der Waals surface area contributed by atoms with Crippen LogP contribution in [0.3, 0.4) is 0 Å². The maximum atomic E-state index is 13.9. The third-order valence-electron chi connectivity index (χ3n) is 6.21. The number of aryl methyl sites for hydroxylation is 1. The largest absolute Gasteiger partial charge is 0.350 e. The SMILES string of the molecule is Cc1ccccc1N(CC(=O)N(CCc1ccccc1)C(C)C(=O)NC(C)(C)C)S(=O)(=O)c1ccc(Cl)cc1. The lowest BCUT2D eigenvalue weighted by Crippen LogP contribution is -2.55. The summed E-state index contributed by atoms with van der Waals surface area (Å²) in [4.78, 5) is 28.5. The van der Waals surface area contributed by atoms with Gasteiger partial charge < -0.3 is 10.2 Å². The number of anilines is 1. The molecule has 39 heavy (non-hydrogen) atoms. The molecule has 0 heterocycles. The second kappa shape index (κ2) is 12.7. The zero-order valence-electron chi connectivity index (χ0n) is 23.0. The van der Waals surface area contributed by atoms with Crippen molar-refractivity contribution in [3.8, 4) is 0 Å². The van der Waals surface area contributed by atoms with Gasteiger partial charge >= 0.3 is 0 Å². The Balaban J connectivity index is 1.99. The van der Waals surface area contributed by atoms with Gasteiger partial charge in [-0.15, -0.1) is 0 Å². The molecule has 9 heteroatoms. The standard InChI is InChI=1S/C30H36ClN3O4S/c1-22-11-9-10-14-27(22)34(39(37,38)26-17-15-25(31)16-18-26)21-28(35)33(20-19-24-12-7-6-8-13-24)23(2)29(36)32-30(3,4)5/h6-18,23H,19-21H2,1-5H3,(H,32,36). The van der Waals surface area contributed by atoms with Gasteiger partial charge in [0.1, 0.15) is 12.6 Å². The summed E-state index contributed by atoms with van der Waals surface area (Å²) in [5.74, 6) is -0.796. The fraction of sp³-hybridized carbons (Fsp3) is 0.333. The Hall–Kier alpha value is -3.36.